The van der Waals surface area contributed by atoms with Crippen molar-refractivity contribution in [1.29, 1.82) is 0 Å². The number of nitrogen functional groups attached to an aromatic ring is 1. The molecular weight excluding hydrogens is 424 g/mol. The number of aryl methyl sites for hydroxylation is 1. The van der Waals surface area contributed by atoms with Gasteiger partial charge in [0.1, 0.15) is 21.2 Å². The largest absolute Gasteiger partial charge is 0.573 e. The van der Waals surface area contributed by atoms with Gasteiger partial charge in [-0.25, -0.2) is 4.98 Å². The van der Waals surface area contributed by atoms with Crippen LogP contribution in [-0.2, 0) is 6.18 Å². The van der Waals surface area contributed by atoms with Crippen LogP contribution in [-0.4, -0.2) is 17.3 Å². The third kappa shape index (κ3) is 4.53. The molecule has 154 valence electrons. The Labute approximate surface area is 163 Å². The molecule has 29 heavy (non-hydrogen) atoms. The van der Waals surface area contributed by atoms with Crippen LogP contribution < -0.4 is 15.8 Å². The van der Waals surface area contributed by atoms with Crippen molar-refractivity contribution in [2.24, 2.45) is 0 Å². The van der Waals surface area contributed by atoms with E-state index in [1.807, 2.05) is 0 Å². The van der Waals surface area contributed by atoms with Gasteiger partial charge in [-0.15, -0.1) is 24.5 Å². The summed E-state index contributed by atoms with van der Waals surface area (Å²) < 4.78 is 79.1. The number of ether oxygens (including phenoxy) is 1. The summed E-state index contributed by atoms with van der Waals surface area (Å²) in [5.41, 5.74) is 5.15. The van der Waals surface area contributed by atoms with Gasteiger partial charge in [0.15, 0.2) is 0 Å². The van der Waals surface area contributed by atoms with Crippen LogP contribution in [0.1, 0.15) is 20.9 Å². The topological polar surface area (TPSA) is 77.2 Å². The van der Waals surface area contributed by atoms with Crippen molar-refractivity contribution in [3.8, 4) is 5.75 Å². The van der Waals surface area contributed by atoms with Crippen LogP contribution in [0, 0.1) is 6.92 Å². The van der Waals surface area contributed by atoms with Gasteiger partial charge in [-0.05, 0) is 42.8 Å². The van der Waals surface area contributed by atoms with Gasteiger partial charge in [0.2, 0.25) is 0 Å². The lowest BCUT2D eigenvalue weighted by molar-refractivity contribution is -0.274. The van der Waals surface area contributed by atoms with E-state index >= 15 is 0 Å². The van der Waals surface area contributed by atoms with Crippen LogP contribution in [0.2, 0.25) is 0 Å². The molecule has 0 spiro atoms. The number of nitrogens with one attached hydrogen (secondary N) is 1. The van der Waals surface area contributed by atoms with Crippen molar-refractivity contribution in [3.05, 3.63) is 46.5 Å². The molecular formula is C17H11F6N3O2S. The van der Waals surface area contributed by atoms with E-state index < -0.39 is 29.9 Å². The van der Waals surface area contributed by atoms with Gasteiger partial charge in [0.05, 0.1) is 5.69 Å². The lowest BCUT2D eigenvalue weighted by Crippen LogP contribution is -2.17. The molecule has 3 N–H and O–H groups in total. The molecule has 0 unspecified atom stereocenters. The second-order valence-electron chi connectivity index (χ2n) is 5.87. The number of halogens is 6. The third-order valence-corrected chi connectivity index (χ3v) is 4.84. The number of nitrogens with zero attached hydrogens (tertiary/aromatic N) is 1. The Bertz CT molecular complexity index is 1070. The van der Waals surface area contributed by atoms with Crippen molar-refractivity contribution >= 4 is 38.8 Å². The van der Waals surface area contributed by atoms with Gasteiger partial charge >= 0.3 is 12.5 Å². The highest BCUT2D eigenvalue weighted by molar-refractivity contribution is 7.21. The third-order valence-electron chi connectivity index (χ3n) is 3.74. The Balaban J connectivity index is 1.87. The molecule has 1 amide bonds. The van der Waals surface area contributed by atoms with E-state index in [1.54, 1.807) is 0 Å². The molecule has 0 atom stereocenters. The zero-order chi connectivity index (χ0) is 21.6. The summed E-state index contributed by atoms with van der Waals surface area (Å²) in [5, 5.41) is 2.66. The number of benzene rings is 1. The molecule has 0 radical (unpaired) electrons. The zero-order valence-corrected chi connectivity index (χ0v) is 15.2. The monoisotopic (exact) mass is 435 g/mol. The molecule has 5 nitrogen and oxygen atoms in total. The normalized spacial score (nSPS) is 12.2. The number of hydrogen-bond donors (Lipinski definition) is 2. The smallest absolute Gasteiger partial charge is 0.406 e. The first-order valence-corrected chi connectivity index (χ1v) is 8.61. The van der Waals surface area contributed by atoms with Gasteiger partial charge < -0.3 is 15.8 Å². The number of thiophene rings is 1. The first-order chi connectivity index (χ1) is 13.3. The van der Waals surface area contributed by atoms with Crippen LogP contribution >= 0.6 is 11.3 Å². The summed E-state index contributed by atoms with van der Waals surface area (Å²) >= 11 is 0.685. The van der Waals surface area contributed by atoms with Crippen molar-refractivity contribution in [2.75, 3.05) is 11.1 Å². The van der Waals surface area contributed by atoms with E-state index in [2.05, 4.69) is 15.0 Å². The minimum absolute atomic E-state index is 0.0294. The van der Waals surface area contributed by atoms with Gasteiger partial charge in [0, 0.05) is 11.1 Å². The highest BCUT2D eigenvalue weighted by atomic mass is 32.1. The maximum absolute atomic E-state index is 12.9. The molecule has 1 aromatic carbocycles. The average Bonchev–Trinajstić information content (AvgIpc) is 2.92. The van der Waals surface area contributed by atoms with E-state index in [0.29, 0.717) is 11.3 Å². The van der Waals surface area contributed by atoms with Crippen molar-refractivity contribution in [1.82, 2.24) is 4.98 Å². The zero-order valence-electron chi connectivity index (χ0n) is 14.4. The Morgan fingerprint density at radius 2 is 1.76 bits per heavy atom. The van der Waals surface area contributed by atoms with E-state index in [1.165, 1.54) is 19.1 Å². The molecule has 0 aliphatic heterocycles. The molecule has 3 rings (SSSR count). The highest BCUT2D eigenvalue weighted by Crippen LogP contribution is 2.38. The molecule has 12 heteroatoms. The van der Waals surface area contributed by atoms with Crippen molar-refractivity contribution in [3.63, 3.8) is 0 Å². The lowest BCUT2D eigenvalue weighted by Gasteiger charge is -2.09. The molecule has 0 aliphatic rings. The summed E-state index contributed by atoms with van der Waals surface area (Å²) in [5.74, 6) is -1.21. The molecule has 3 aromatic rings. The average molecular weight is 435 g/mol. The number of rotatable bonds is 3. The summed E-state index contributed by atoms with van der Waals surface area (Å²) in [6, 6.07) is 5.19. The molecule has 0 saturated carbocycles. The van der Waals surface area contributed by atoms with E-state index in [0.717, 1.165) is 18.2 Å². The fraction of sp³-hybridized carbons (Fsp3) is 0.176. The Hall–Kier alpha value is -3.02. The molecule has 2 aromatic heterocycles. The number of alkyl halides is 6. The summed E-state index contributed by atoms with van der Waals surface area (Å²) in [6.07, 6.45) is -9.50. The minimum Gasteiger partial charge on any atom is -0.406 e. The van der Waals surface area contributed by atoms with Crippen molar-refractivity contribution < 1.29 is 35.9 Å². The number of hydrogen-bond acceptors (Lipinski definition) is 5. The first kappa shape index (κ1) is 20.7. The molecule has 0 saturated heterocycles. The summed E-state index contributed by atoms with van der Waals surface area (Å²) in [7, 11) is 0. The van der Waals surface area contributed by atoms with E-state index in [9.17, 15) is 31.1 Å². The number of fused-ring (bicyclic) bond motifs is 1. The highest BCUT2D eigenvalue weighted by Gasteiger charge is 2.34. The fourth-order valence-electron chi connectivity index (χ4n) is 2.55. The predicted octanol–water partition coefficient (Wildman–Crippen LogP) is 5.36. The van der Waals surface area contributed by atoms with Crippen LogP contribution in [0.15, 0.2) is 30.3 Å². The first-order valence-electron chi connectivity index (χ1n) is 7.79. The van der Waals surface area contributed by atoms with E-state index in [4.69, 9.17) is 5.73 Å². The Morgan fingerprint density at radius 3 is 2.31 bits per heavy atom. The number of pyridine rings is 1. The number of amides is 1. The van der Waals surface area contributed by atoms with Gasteiger partial charge in [-0.1, -0.05) is 0 Å². The number of carbonyl (C=O) groups is 1. The van der Waals surface area contributed by atoms with Crippen LogP contribution in [0.3, 0.4) is 0 Å². The SMILES string of the molecule is Cc1cc(C(F)(F)F)nc2sc(C(=O)Nc3ccc(OC(F)(F)F)cc3)c(N)c12. The maximum Gasteiger partial charge on any atom is 0.573 e. The maximum atomic E-state index is 12.9. The molecule has 0 aliphatic carbocycles. The van der Waals surface area contributed by atoms with Crippen LogP contribution in [0.4, 0.5) is 37.7 Å². The van der Waals surface area contributed by atoms with Crippen molar-refractivity contribution in [2.45, 2.75) is 19.5 Å². The van der Waals surface area contributed by atoms with Gasteiger partial charge in [-0.3, -0.25) is 4.79 Å². The Kier molecular flexibility index (Phi) is 5.07. The number of anilines is 2. The lowest BCUT2D eigenvalue weighted by atomic mass is 10.1. The van der Waals surface area contributed by atoms with Crippen LogP contribution in [0.5, 0.6) is 5.75 Å². The number of carbonyl (C=O) groups excluding carboxylic acids is 1. The van der Waals surface area contributed by atoms with Gasteiger partial charge in [-0.2, -0.15) is 13.2 Å². The predicted molar refractivity (Wildman–Crippen MR) is 94.8 cm³/mol. The molecule has 0 fully saturated rings. The number of aromatic nitrogens is 1. The van der Waals surface area contributed by atoms with Gasteiger partial charge in [0.25, 0.3) is 5.91 Å². The van der Waals surface area contributed by atoms with E-state index in [-0.39, 0.29) is 32.0 Å². The molecule has 0 bridgehead atoms. The minimum atomic E-state index is -4.85. The summed E-state index contributed by atoms with van der Waals surface area (Å²) in [6.45, 7) is 1.42. The second-order valence-corrected chi connectivity index (χ2v) is 6.87. The number of nitrogens with two attached hydrogens (primary N) is 1. The fourth-order valence-corrected chi connectivity index (χ4v) is 3.62. The standard InChI is InChI=1S/C17H11F6N3O2S/c1-7-6-10(16(18,19)20)26-15-11(7)12(24)13(29-15)14(27)25-8-2-4-9(5-3-8)28-17(21,22)23/h2-6H,24H2,1H3,(H,25,27). The summed E-state index contributed by atoms with van der Waals surface area (Å²) in [4.78, 5) is 15.9. The quantitative estimate of drug-likeness (QED) is 0.544. The second kappa shape index (κ2) is 7.10. The molecule has 2 heterocycles. The van der Waals surface area contributed by atoms with Crippen LogP contribution in [0.25, 0.3) is 10.2 Å². The Morgan fingerprint density at radius 1 is 1.14 bits per heavy atom.